The Morgan fingerprint density at radius 2 is 1.95 bits per heavy atom. The van der Waals surface area contributed by atoms with Crippen molar-refractivity contribution in [3.63, 3.8) is 0 Å². The quantitative estimate of drug-likeness (QED) is 0.707. The molecule has 1 amide bonds. The molecule has 1 aromatic rings. The molecule has 112 valence electrons. The minimum Gasteiger partial charge on any atom is -0.483 e. The third kappa shape index (κ3) is 4.64. The van der Waals surface area contributed by atoms with E-state index in [0.29, 0.717) is 23.3 Å². The van der Waals surface area contributed by atoms with Crippen LogP contribution in [0.1, 0.15) is 13.8 Å². The van der Waals surface area contributed by atoms with Crippen LogP contribution in [0.3, 0.4) is 0 Å². The molecule has 0 saturated heterocycles. The van der Waals surface area contributed by atoms with Crippen molar-refractivity contribution in [1.29, 1.82) is 0 Å². The molecule has 5 nitrogen and oxygen atoms in total. The number of benzene rings is 1. The van der Waals surface area contributed by atoms with Crippen LogP contribution in [-0.4, -0.2) is 38.9 Å². The molecular weight excluding hydrogens is 370 g/mol. The summed E-state index contributed by atoms with van der Waals surface area (Å²) < 4.78 is 28.1. The van der Waals surface area contributed by atoms with Crippen LogP contribution in [0, 0.1) is 0 Å². The number of hydrogen-bond donors (Lipinski definition) is 0. The summed E-state index contributed by atoms with van der Waals surface area (Å²) in [5.41, 5.74) is 0. The van der Waals surface area contributed by atoms with E-state index in [0.717, 1.165) is 0 Å². The Bertz CT molecular complexity index is 587. The highest BCUT2D eigenvalue weighted by Crippen LogP contribution is 2.29. The molecule has 0 radical (unpaired) electrons. The zero-order valence-corrected chi connectivity index (χ0v) is 14.3. The molecule has 0 heterocycles. The predicted molar refractivity (Wildman–Crippen MR) is 80.6 cm³/mol. The zero-order valence-electron chi connectivity index (χ0n) is 11.1. The number of likely N-dealkylation sites (N-methyl/N-ethyl adjacent to an activating group) is 1. The average molecular weight is 385 g/mol. The first-order valence-electron chi connectivity index (χ1n) is 5.94. The van der Waals surface area contributed by atoms with Gasteiger partial charge in [0.25, 0.3) is 15.0 Å². The van der Waals surface area contributed by atoms with Crippen LogP contribution < -0.4 is 4.74 Å². The minimum absolute atomic E-state index is 0.0338. The summed E-state index contributed by atoms with van der Waals surface area (Å²) in [4.78, 5) is 13.4. The van der Waals surface area contributed by atoms with Crippen LogP contribution in [0.2, 0.25) is 0 Å². The number of amides is 1. The number of carbonyl (C=O) groups excluding carboxylic acids is 1. The van der Waals surface area contributed by atoms with E-state index in [-0.39, 0.29) is 17.4 Å². The lowest BCUT2D eigenvalue weighted by atomic mass is 10.3. The first-order valence-corrected chi connectivity index (χ1v) is 9.04. The van der Waals surface area contributed by atoms with Crippen molar-refractivity contribution in [2.24, 2.45) is 0 Å². The molecule has 0 N–H and O–H groups in total. The molecule has 20 heavy (non-hydrogen) atoms. The molecule has 0 unspecified atom stereocenters. The van der Waals surface area contributed by atoms with Gasteiger partial charge >= 0.3 is 0 Å². The Labute approximate surface area is 131 Å². The molecule has 0 atom stereocenters. The first-order chi connectivity index (χ1) is 9.29. The molecule has 0 aliphatic heterocycles. The second-order valence-corrected chi connectivity index (χ2v) is 7.31. The Morgan fingerprint density at radius 3 is 2.40 bits per heavy atom. The van der Waals surface area contributed by atoms with Gasteiger partial charge in [-0.3, -0.25) is 4.79 Å². The van der Waals surface area contributed by atoms with Crippen molar-refractivity contribution in [1.82, 2.24) is 4.90 Å². The Hall–Kier alpha value is -0.790. The van der Waals surface area contributed by atoms with Gasteiger partial charge < -0.3 is 9.64 Å². The highest BCUT2D eigenvalue weighted by atomic mass is 79.9. The third-order valence-electron chi connectivity index (χ3n) is 2.65. The monoisotopic (exact) mass is 383 g/mol. The maximum absolute atomic E-state index is 11.8. The van der Waals surface area contributed by atoms with E-state index in [2.05, 4.69) is 15.9 Å². The average Bonchev–Trinajstić information content (AvgIpc) is 2.37. The van der Waals surface area contributed by atoms with Crippen molar-refractivity contribution in [3.05, 3.63) is 22.7 Å². The minimum atomic E-state index is -3.78. The molecule has 0 aliphatic rings. The highest BCUT2D eigenvalue weighted by Gasteiger charge is 2.14. The van der Waals surface area contributed by atoms with Gasteiger partial charge in [-0.1, -0.05) is 0 Å². The van der Waals surface area contributed by atoms with Crippen molar-refractivity contribution in [2.45, 2.75) is 18.7 Å². The number of nitrogens with zero attached hydrogens (tertiary/aromatic N) is 1. The van der Waals surface area contributed by atoms with Gasteiger partial charge in [-0.25, -0.2) is 8.42 Å². The molecule has 1 rings (SSSR count). The van der Waals surface area contributed by atoms with Crippen molar-refractivity contribution >= 4 is 41.6 Å². The molecular formula is C12H15BrClNO4S. The third-order valence-corrected chi connectivity index (χ3v) is 4.62. The van der Waals surface area contributed by atoms with E-state index in [1.165, 1.54) is 18.2 Å². The summed E-state index contributed by atoms with van der Waals surface area (Å²) in [5, 5.41) is 0. The van der Waals surface area contributed by atoms with E-state index >= 15 is 0 Å². The molecule has 0 aliphatic carbocycles. The van der Waals surface area contributed by atoms with Gasteiger partial charge in [0.05, 0.1) is 9.37 Å². The van der Waals surface area contributed by atoms with Crippen LogP contribution in [0.5, 0.6) is 5.75 Å². The normalized spacial score (nSPS) is 11.2. The zero-order chi connectivity index (χ0) is 15.3. The van der Waals surface area contributed by atoms with E-state index in [9.17, 15) is 13.2 Å². The van der Waals surface area contributed by atoms with Gasteiger partial charge in [-0.2, -0.15) is 0 Å². The van der Waals surface area contributed by atoms with Crippen molar-refractivity contribution in [3.8, 4) is 5.75 Å². The molecule has 0 saturated carbocycles. The SMILES string of the molecule is CCN(CC)C(=O)COc1ccc(S(=O)(=O)Cl)cc1Br. The summed E-state index contributed by atoms with van der Waals surface area (Å²) in [7, 11) is 1.46. The van der Waals surface area contributed by atoms with Gasteiger partial charge in [-0.05, 0) is 48.0 Å². The molecule has 0 aromatic heterocycles. The second kappa shape index (κ2) is 7.28. The van der Waals surface area contributed by atoms with E-state index in [4.69, 9.17) is 15.4 Å². The number of halogens is 2. The summed E-state index contributed by atoms with van der Waals surface area (Å²) in [5.74, 6) is 0.255. The highest BCUT2D eigenvalue weighted by molar-refractivity contribution is 9.10. The summed E-state index contributed by atoms with van der Waals surface area (Å²) in [6.07, 6.45) is 0. The topological polar surface area (TPSA) is 63.7 Å². The largest absolute Gasteiger partial charge is 0.483 e. The van der Waals surface area contributed by atoms with Gasteiger partial charge in [0.2, 0.25) is 0 Å². The van der Waals surface area contributed by atoms with Crippen LogP contribution in [0.4, 0.5) is 0 Å². The van der Waals surface area contributed by atoms with Crippen LogP contribution in [-0.2, 0) is 13.8 Å². The summed E-state index contributed by atoms with van der Waals surface area (Å²) in [6, 6.07) is 4.11. The lowest BCUT2D eigenvalue weighted by molar-refractivity contribution is -0.132. The van der Waals surface area contributed by atoms with E-state index in [1.807, 2.05) is 13.8 Å². The van der Waals surface area contributed by atoms with Crippen molar-refractivity contribution in [2.75, 3.05) is 19.7 Å². The Kier molecular flexibility index (Phi) is 6.29. The number of rotatable bonds is 6. The lowest BCUT2D eigenvalue weighted by Gasteiger charge is -2.19. The number of hydrogen-bond acceptors (Lipinski definition) is 4. The maximum Gasteiger partial charge on any atom is 0.261 e. The predicted octanol–water partition coefficient (Wildman–Crippen LogP) is 2.62. The summed E-state index contributed by atoms with van der Waals surface area (Å²) >= 11 is 3.19. The Morgan fingerprint density at radius 1 is 1.35 bits per heavy atom. The lowest BCUT2D eigenvalue weighted by Crippen LogP contribution is -2.34. The van der Waals surface area contributed by atoms with Crippen LogP contribution in [0.15, 0.2) is 27.6 Å². The number of ether oxygens (including phenoxy) is 1. The fourth-order valence-corrected chi connectivity index (χ4v) is 2.98. The molecule has 8 heteroatoms. The van der Waals surface area contributed by atoms with Crippen LogP contribution in [0.25, 0.3) is 0 Å². The standard InChI is InChI=1S/C12H15BrClNO4S/c1-3-15(4-2)12(16)8-19-11-6-5-9(7-10(11)13)20(14,17)18/h5-7H,3-4,8H2,1-2H3. The molecule has 0 bridgehead atoms. The molecule has 0 spiro atoms. The maximum atomic E-state index is 11.8. The fourth-order valence-electron chi connectivity index (χ4n) is 1.56. The fraction of sp³-hybridized carbons (Fsp3) is 0.417. The molecule has 1 aromatic carbocycles. The van der Waals surface area contributed by atoms with Gasteiger partial charge in [0.1, 0.15) is 5.75 Å². The Balaban J connectivity index is 2.78. The second-order valence-electron chi connectivity index (χ2n) is 3.88. The number of carbonyl (C=O) groups is 1. The molecule has 0 fully saturated rings. The van der Waals surface area contributed by atoms with E-state index < -0.39 is 9.05 Å². The first kappa shape index (κ1) is 17.3. The van der Waals surface area contributed by atoms with Gasteiger partial charge in [-0.15, -0.1) is 0 Å². The smallest absolute Gasteiger partial charge is 0.261 e. The van der Waals surface area contributed by atoms with Gasteiger partial charge in [0, 0.05) is 23.8 Å². The van der Waals surface area contributed by atoms with Gasteiger partial charge in [0.15, 0.2) is 6.61 Å². The van der Waals surface area contributed by atoms with Crippen LogP contribution >= 0.6 is 26.6 Å². The van der Waals surface area contributed by atoms with E-state index in [1.54, 1.807) is 4.90 Å². The van der Waals surface area contributed by atoms with Crippen molar-refractivity contribution < 1.29 is 17.9 Å². The summed E-state index contributed by atoms with van der Waals surface area (Å²) in [6.45, 7) is 4.90.